The number of aryl methyl sites for hydroxylation is 2. The second-order valence-corrected chi connectivity index (χ2v) is 6.05. The molecule has 1 atom stereocenters. The lowest BCUT2D eigenvalue weighted by molar-refractivity contribution is -0.391. The van der Waals surface area contributed by atoms with Crippen LogP contribution in [-0.4, -0.2) is 40.5 Å². The Morgan fingerprint density at radius 1 is 1.11 bits per heavy atom. The molecule has 1 aliphatic heterocycles. The van der Waals surface area contributed by atoms with E-state index in [9.17, 15) is 26.3 Å². The summed E-state index contributed by atoms with van der Waals surface area (Å²) in [6.45, 7) is 3.86. The number of nitrogens with zero attached hydrogens (tertiary/aromatic N) is 4. The average Bonchev–Trinajstić information content (AvgIpc) is 3.12. The predicted octanol–water partition coefficient (Wildman–Crippen LogP) is 2.32. The zero-order valence-electron chi connectivity index (χ0n) is 13.5. The number of hydrogen-bond donors (Lipinski definition) is 0. The van der Waals surface area contributed by atoms with E-state index in [2.05, 4.69) is 24.9 Å². The van der Waals surface area contributed by atoms with Gasteiger partial charge in [-0.2, -0.15) is 21.6 Å². The van der Waals surface area contributed by atoms with Gasteiger partial charge >= 0.3 is 12.2 Å². The molecule has 2 aromatic heterocycles. The number of ether oxygens (including phenoxy) is 2. The van der Waals surface area contributed by atoms with Gasteiger partial charge in [0.05, 0.1) is 17.5 Å². The van der Waals surface area contributed by atoms with E-state index in [-0.39, 0.29) is 11.0 Å². The van der Waals surface area contributed by atoms with Crippen LogP contribution in [0.1, 0.15) is 11.3 Å². The molecule has 0 spiro atoms. The molecule has 0 bridgehead atoms. The predicted molar refractivity (Wildman–Crippen MR) is 79.0 cm³/mol. The molecule has 0 amide bonds. The molecule has 0 saturated heterocycles. The van der Waals surface area contributed by atoms with Crippen molar-refractivity contribution >= 4 is 22.3 Å². The van der Waals surface area contributed by atoms with Crippen molar-refractivity contribution in [3.8, 4) is 11.5 Å². The minimum atomic E-state index is -4.89. The fourth-order valence-corrected chi connectivity index (χ4v) is 2.32. The molecule has 1 unspecified atom stereocenters. The van der Waals surface area contributed by atoms with Gasteiger partial charge in [0, 0.05) is 17.7 Å². The summed E-state index contributed by atoms with van der Waals surface area (Å²) in [6.07, 6.45) is -8.04. The maximum absolute atomic E-state index is 13.0. The van der Waals surface area contributed by atoms with Crippen LogP contribution in [0.4, 0.5) is 17.6 Å². The fraction of sp³-hybridized carbons (Fsp3) is 0.308. The SMILES string of the molecule is Cc1cnoc1C.O=S([O-])n1nnc2cc3c(cc21)OC(F)(F)C(F)(F)O3. The monoisotopic (exact) mass is 409 g/mol. The summed E-state index contributed by atoms with van der Waals surface area (Å²) in [7, 11) is 0. The third-order valence-electron chi connectivity index (χ3n) is 3.43. The van der Waals surface area contributed by atoms with Crippen LogP contribution in [0.25, 0.3) is 11.0 Å². The highest BCUT2D eigenvalue weighted by molar-refractivity contribution is 7.77. The highest BCUT2D eigenvalue weighted by atomic mass is 32.2. The molecular formula is C13H9F4N4O5S-. The summed E-state index contributed by atoms with van der Waals surface area (Å²) in [6, 6.07) is 1.59. The van der Waals surface area contributed by atoms with Crippen molar-refractivity contribution in [2.45, 2.75) is 26.1 Å². The number of aromatic nitrogens is 4. The van der Waals surface area contributed by atoms with E-state index in [1.165, 1.54) is 0 Å². The molecule has 3 heterocycles. The van der Waals surface area contributed by atoms with Crippen molar-refractivity contribution in [3.05, 3.63) is 29.7 Å². The molecule has 146 valence electrons. The zero-order chi connectivity index (χ0) is 20.0. The lowest BCUT2D eigenvalue weighted by Crippen LogP contribution is -2.52. The quantitative estimate of drug-likeness (QED) is 0.444. The minimum Gasteiger partial charge on any atom is -0.754 e. The highest BCUT2D eigenvalue weighted by Crippen LogP contribution is 2.47. The van der Waals surface area contributed by atoms with E-state index in [0.29, 0.717) is 4.09 Å². The Morgan fingerprint density at radius 3 is 2.15 bits per heavy atom. The van der Waals surface area contributed by atoms with E-state index in [4.69, 9.17) is 4.52 Å². The lowest BCUT2D eigenvalue weighted by atomic mass is 10.2. The Hall–Kier alpha value is -2.74. The molecule has 9 nitrogen and oxygen atoms in total. The molecular weight excluding hydrogens is 400 g/mol. The van der Waals surface area contributed by atoms with Crippen LogP contribution in [0, 0.1) is 13.8 Å². The topological polar surface area (TPSA) is 115 Å². The normalized spacial score (nSPS) is 17.9. The van der Waals surface area contributed by atoms with Gasteiger partial charge in [0.15, 0.2) is 11.5 Å². The standard InChI is InChI=1S/C8H3F4N3O4S.C5H7NO/c9-7(10)8(11,12)19-6-2-4-3(1-5(6)18-7)13-14-15(4)20(16)17;1-4-3-6-7-5(4)2/h1-2H,(H,16,17);3H,1-2H3/p-1. The number of fused-ring (bicyclic) bond motifs is 2. The molecule has 4 rings (SSSR count). The van der Waals surface area contributed by atoms with E-state index >= 15 is 0 Å². The van der Waals surface area contributed by atoms with Gasteiger partial charge in [-0.05, 0) is 13.8 Å². The molecule has 0 aliphatic carbocycles. The molecule has 1 aliphatic rings. The van der Waals surface area contributed by atoms with Crippen molar-refractivity contribution in [1.82, 2.24) is 19.6 Å². The van der Waals surface area contributed by atoms with Gasteiger partial charge in [-0.25, -0.2) is 0 Å². The summed E-state index contributed by atoms with van der Waals surface area (Å²) in [4.78, 5) is 0. The van der Waals surface area contributed by atoms with Crippen molar-refractivity contribution in [1.29, 1.82) is 0 Å². The first-order chi connectivity index (χ1) is 12.5. The first-order valence-corrected chi connectivity index (χ1v) is 8.06. The molecule has 1 aromatic carbocycles. The first-order valence-electron chi connectivity index (χ1n) is 7.02. The summed E-state index contributed by atoms with van der Waals surface area (Å²) in [5.74, 6) is -0.542. The summed E-state index contributed by atoms with van der Waals surface area (Å²) in [5.41, 5.74) is 0.749. The van der Waals surface area contributed by atoms with Crippen LogP contribution in [-0.2, 0) is 11.3 Å². The molecule has 27 heavy (non-hydrogen) atoms. The largest absolute Gasteiger partial charge is 0.754 e. The Kier molecular flexibility index (Phi) is 4.55. The second kappa shape index (κ2) is 6.45. The van der Waals surface area contributed by atoms with Gasteiger partial charge in [0.25, 0.3) is 0 Å². The average molecular weight is 409 g/mol. The Bertz CT molecular complexity index is 1000. The number of hydrogen-bond acceptors (Lipinski definition) is 8. The molecule has 0 fully saturated rings. The number of benzene rings is 1. The van der Waals surface area contributed by atoms with Crippen LogP contribution in [0.15, 0.2) is 22.9 Å². The molecule has 0 saturated carbocycles. The molecule has 3 aromatic rings. The Morgan fingerprint density at radius 2 is 1.70 bits per heavy atom. The maximum atomic E-state index is 13.0. The zero-order valence-corrected chi connectivity index (χ0v) is 14.3. The van der Waals surface area contributed by atoms with Crippen molar-refractivity contribution in [3.63, 3.8) is 0 Å². The van der Waals surface area contributed by atoms with E-state index in [0.717, 1.165) is 23.5 Å². The van der Waals surface area contributed by atoms with Crippen LogP contribution < -0.4 is 9.47 Å². The highest BCUT2D eigenvalue weighted by Gasteiger charge is 2.66. The van der Waals surface area contributed by atoms with E-state index in [1.54, 1.807) is 6.20 Å². The van der Waals surface area contributed by atoms with Crippen LogP contribution >= 0.6 is 0 Å². The van der Waals surface area contributed by atoms with E-state index in [1.807, 2.05) is 13.8 Å². The number of halogens is 4. The van der Waals surface area contributed by atoms with Gasteiger partial charge in [0.2, 0.25) is 0 Å². The summed E-state index contributed by atoms with van der Waals surface area (Å²) >= 11 is -2.85. The summed E-state index contributed by atoms with van der Waals surface area (Å²) < 4.78 is 86.3. The third-order valence-corrected chi connectivity index (χ3v) is 3.98. The fourth-order valence-electron chi connectivity index (χ4n) is 1.92. The smallest absolute Gasteiger partial charge is 0.507 e. The van der Waals surface area contributed by atoms with Crippen LogP contribution in [0.5, 0.6) is 11.5 Å². The summed E-state index contributed by atoms with van der Waals surface area (Å²) in [5, 5.41) is 10.1. The van der Waals surface area contributed by atoms with E-state index < -0.39 is 35.0 Å². The minimum absolute atomic E-state index is 0.141. The molecule has 0 radical (unpaired) electrons. The van der Waals surface area contributed by atoms with Crippen LogP contribution in [0.3, 0.4) is 0 Å². The van der Waals surface area contributed by atoms with Gasteiger partial charge in [0.1, 0.15) is 16.8 Å². The lowest BCUT2D eigenvalue weighted by Gasteiger charge is -2.31. The van der Waals surface area contributed by atoms with Crippen molar-refractivity contribution in [2.75, 3.05) is 0 Å². The first kappa shape index (κ1) is 19.0. The third kappa shape index (κ3) is 3.44. The Balaban J connectivity index is 0.000000253. The van der Waals surface area contributed by atoms with Gasteiger partial charge in [-0.3, -0.25) is 4.21 Å². The second-order valence-electron chi connectivity index (χ2n) is 5.27. The number of rotatable bonds is 1. The molecule has 14 heteroatoms. The van der Waals surface area contributed by atoms with Crippen molar-refractivity contribution in [2.24, 2.45) is 0 Å². The van der Waals surface area contributed by atoms with Gasteiger partial charge in [-0.1, -0.05) is 10.4 Å². The molecule has 0 N–H and O–H groups in total. The Labute approximate surface area is 150 Å². The van der Waals surface area contributed by atoms with Gasteiger partial charge in [-0.15, -0.1) is 5.10 Å². The van der Waals surface area contributed by atoms with Crippen LogP contribution in [0.2, 0.25) is 0 Å². The van der Waals surface area contributed by atoms with Gasteiger partial charge < -0.3 is 18.5 Å². The number of alkyl halides is 4. The van der Waals surface area contributed by atoms with Crippen molar-refractivity contribution < 1.29 is 40.3 Å². The maximum Gasteiger partial charge on any atom is 0.507 e.